The van der Waals surface area contributed by atoms with E-state index in [2.05, 4.69) is 5.32 Å². The zero-order chi connectivity index (χ0) is 15.4. The lowest BCUT2D eigenvalue weighted by molar-refractivity contribution is -0.384. The van der Waals surface area contributed by atoms with Gasteiger partial charge in [0.15, 0.2) is 0 Å². The van der Waals surface area contributed by atoms with Crippen LogP contribution in [0.15, 0.2) is 42.5 Å². The van der Waals surface area contributed by atoms with E-state index in [9.17, 15) is 14.5 Å². The number of rotatable bonds is 5. The Morgan fingerprint density at radius 2 is 2.00 bits per heavy atom. The lowest BCUT2D eigenvalue weighted by atomic mass is 10.2. The zero-order valence-electron chi connectivity index (χ0n) is 11.8. The molecule has 5 nitrogen and oxygen atoms in total. The Balaban J connectivity index is 2.51. The smallest absolute Gasteiger partial charge is 0.273 e. The molecule has 0 aliphatic heterocycles. The normalized spacial score (nSPS) is 10.2. The average molecular weight is 289 g/mol. The summed E-state index contributed by atoms with van der Waals surface area (Å²) in [4.78, 5) is 12.4. The van der Waals surface area contributed by atoms with Crippen LogP contribution in [0.2, 0.25) is 0 Å². The summed E-state index contributed by atoms with van der Waals surface area (Å²) in [6.07, 6.45) is 0. The van der Waals surface area contributed by atoms with E-state index in [1.807, 2.05) is 11.8 Å². The van der Waals surface area contributed by atoms with Crippen LogP contribution in [-0.4, -0.2) is 18.5 Å². The van der Waals surface area contributed by atoms with Crippen molar-refractivity contribution in [3.05, 3.63) is 58.4 Å². The van der Waals surface area contributed by atoms with E-state index in [1.54, 1.807) is 25.2 Å². The largest absolute Gasteiger partial charge is 0.388 e. The van der Waals surface area contributed by atoms with Gasteiger partial charge in [-0.15, -0.1) is 0 Å². The summed E-state index contributed by atoms with van der Waals surface area (Å²) in [5.41, 5.74) is 1.92. The minimum Gasteiger partial charge on any atom is -0.388 e. The molecule has 0 aliphatic rings. The van der Waals surface area contributed by atoms with Crippen molar-refractivity contribution in [2.75, 3.05) is 23.8 Å². The SMILES string of the molecule is CCN(c1cccc(F)c1)c1cc(NC)cc([N+](=O)[O-])c1. The summed E-state index contributed by atoms with van der Waals surface area (Å²) in [6.45, 7) is 2.47. The fraction of sp³-hybridized carbons (Fsp3) is 0.200. The fourth-order valence-corrected chi connectivity index (χ4v) is 2.16. The van der Waals surface area contributed by atoms with Gasteiger partial charge in [-0.2, -0.15) is 0 Å². The third kappa shape index (κ3) is 3.28. The Morgan fingerprint density at radius 3 is 2.57 bits per heavy atom. The highest BCUT2D eigenvalue weighted by Crippen LogP contribution is 2.31. The second kappa shape index (κ2) is 6.21. The molecule has 6 heteroatoms. The van der Waals surface area contributed by atoms with Crippen molar-refractivity contribution in [2.45, 2.75) is 6.92 Å². The average Bonchev–Trinajstić information content (AvgIpc) is 2.47. The third-order valence-corrected chi connectivity index (χ3v) is 3.15. The maximum Gasteiger partial charge on any atom is 0.273 e. The van der Waals surface area contributed by atoms with Gasteiger partial charge in [-0.3, -0.25) is 10.1 Å². The molecular formula is C15H16FN3O2. The molecular weight excluding hydrogens is 273 g/mol. The van der Waals surface area contributed by atoms with E-state index in [-0.39, 0.29) is 11.5 Å². The van der Waals surface area contributed by atoms with Gasteiger partial charge in [0, 0.05) is 42.8 Å². The number of nitrogens with one attached hydrogen (secondary N) is 1. The number of nitro groups is 1. The highest BCUT2D eigenvalue weighted by Gasteiger charge is 2.14. The molecule has 0 aliphatic carbocycles. The van der Waals surface area contributed by atoms with Crippen molar-refractivity contribution in [3.63, 3.8) is 0 Å². The van der Waals surface area contributed by atoms with Crippen molar-refractivity contribution in [1.29, 1.82) is 0 Å². The van der Waals surface area contributed by atoms with Gasteiger partial charge in [0.1, 0.15) is 5.82 Å². The zero-order valence-corrected chi connectivity index (χ0v) is 11.8. The summed E-state index contributed by atoms with van der Waals surface area (Å²) >= 11 is 0. The minimum absolute atomic E-state index is 0.00768. The van der Waals surface area contributed by atoms with Gasteiger partial charge < -0.3 is 10.2 Å². The molecule has 0 fully saturated rings. The molecule has 0 atom stereocenters. The van der Waals surface area contributed by atoms with Crippen molar-refractivity contribution >= 4 is 22.7 Å². The van der Waals surface area contributed by atoms with Crippen molar-refractivity contribution in [3.8, 4) is 0 Å². The minimum atomic E-state index is -0.441. The first-order valence-electron chi connectivity index (χ1n) is 6.55. The second-order valence-electron chi connectivity index (χ2n) is 4.47. The summed E-state index contributed by atoms with van der Waals surface area (Å²) in [6, 6.07) is 10.9. The van der Waals surface area contributed by atoms with Crippen LogP contribution in [0, 0.1) is 15.9 Å². The Morgan fingerprint density at radius 1 is 1.24 bits per heavy atom. The van der Waals surface area contributed by atoms with Crippen LogP contribution in [0.3, 0.4) is 0 Å². The highest BCUT2D eigenvalue weighted by atomic mass is 19.1. The van der Waals surface area contributed by atoms with E-state index >= 15 is 0 Å². The Kier molecular flexibility index (Phi) is 4.37. The first-order chi connectivity index (χ1) is 10.0. The van der Waals surface area contributed by atoms with E-state index in [0.29, 0.717) is 23.6 Å². The monoisotopic (exact) mass is 289 g/mol. The number of hydrogen-bond acceptors (Lipinski definition) is 4. The summed E-state index contributed by atoms with van der Waals surface area (Å²) in [5.74, 6) is -0.342. The summed E-state index contributed by atoms with van der Waals surface area (Å²) in [7, 11) is 1.70. The predicted molar refractivity (Wildman–Crippen MR) is 81.7 cm³/mol. The predicted octanol–water partition coefficient (Wildman–Crippen LogP) is 3.93. The van der Waals surface area contributed by atoms with Gasteiger partial charge >= 0.3 is 0 Å². The standard InChI is InChI=1S/C15H16FN3O2/c1-3-18(13-6-4-5-11(16)7-13)14-8-12(17-2)9-15(10-14)19(20)21/h4-10,17H,3H2,1-2H3. The lowest BCUT2D eigenvalue weighted by Crippen LogP contribution is -2.16. The number of halogens is 1. The molecule has 0 aromatic heterocycles. The summed E-state index contributed by atoms with van der Waals surface area (Å²) < 4.78 is 13.4. The summed E-state index contributed by atoms with van der Waals surface area (Å²) in [5, 5.41) is 13.9. The van der Waals surface area contributed by atoms with Crippen LogP contribution in [0.5, 0.6) is 0 Å². The molecule has 2 aromatic rings. The third-order valence-electron chi connectivity index (χ3n) is 3.15. The van der Waals surface area contributed by atoms with Crippen LogP contribution in [0.4, 0.5) is 27.1 Å². The molecule has 0 spiro atoms. The van der Waals surface area contributed by atoms with Gasteiger partial charge in [0.05, 0.1) is 4.92 Å². The van der Waals surface area contributed by atoms with Crippen LogP contribution in [-0.2, 0) is 0 Å². The molecule has 0 saturated carbocycles. The number of benzene rings is 2. The van der Waals surface area contributed by atoms with Crippen LogP contribution in [0.25, 0.3) is 0 Å². The Hall–Kier alpha value is -2.63. The quantitative estimate of drug-likeness (QED) is 0.669. The molecule has 0 unspecified atom stereocenters. The van der Waals surface area contributed by atoms with Crippen molar-refractivity contribution < 1.29 is 9.31 Å². The topological polar surface area (TPSA) is 58.4 Å². The van der Waals surface area contributed by atoms with Gasteiger partial charge in [-0.1, -0.05) is 6.07 Å². The van der Waals surface area contributed by atoms with Crippen LogP contribution < -0.4 is 10.2 Å². The molecule has 2 aromatic carbocycles. The molecule has 21 heavy (non-hydrogen) atoms. The molecule has 0 radical (unpaired) electrons. The lowest BCUT2D eigenvalue weighted by Gasteiger charge is -2.23. The Bertz CT molecular complexity index is 661. The van der Waals surface area contributed by atoms with Crippen LogP contribution in [0.1, 0.15) is 6.92 Å². The molecule has 0 heterocycles. The first-order valence-corrected chi connectivity index (χ1v) is 6.55. The second-order valence-corrected chi connectivity index (χ2v) is 4.47. The van der Waals surface area contributed by atoms with E-state index < -0.39 is 4.92 Å². The first kappa shape index (κ1) is 14.8. The van der Waals surface area contributed by atoms with E-state index in [1.165, 1.54) is 24.3 Å². The van der Waals surface area contributed by atoms with Crippen molar-refractivity contribution in [2.24, 2.45) is 0 Å². The molecule has 1 N–H and O–H groups in total. The van der Waals surface area contributed by atoms with E-state index in [0.717, 1.165) is 0 Å². The molecule has 110 valence electrons. The number of hydrogen-bond donors (Lipinski definition) is 1. The van der Waals surface area contributed by atoms with Crippen LogP contribution >= 0.6 is 0 Å². The van der Waals surface area contributed by atoms with E-state index in [4.69, 9.17) is 0 Å². The van der Waals surface area contributed by atoms with Gasteiger partial charge in [-0.25, -0.2) is 4.39 Å². The van der Waals surface area contributed by atoms with Gasteiger partial charge in [0.2, 0.25) is 0 Å². The number of non-ortho nitro benzene ring substituents is 1. The van der Waals surface area contributed by atoms with Gasteiger partial charge in [-0.05, 0) is 31.2 Å². The number of nitro benzene ring substituents is 1. The maximum atomic E-state index is 13.4. The Labute approximate surface area is 122 Å². The number of anilines is 3. The molecule has 2 rings (SSSR count). The maximum absolute atomic E-state index is 13.4. The highest BCUT2D eigenvalue weighted by molar-refractivity contribution is 5.70. The number of nitrogens with zero attached hydrogens (tertiary/aromatic N) is 2. The molecule has 0 amide bonds. The fourth-order valence-electron chi connectivity index (χ4n) is 2.16. The molecule has 0 bridgehead atoms. The van der Waals surface area contributed by atoms with Crippen molar-refractivity contribution in [1.82, 2.24) is 0 Å². The molecule has 0 saturated heterocycles. The van der Waals surface area contributed by atoms with Gasteiger partial charge in [0.25, 0.3) is 5.69 Å².